The zero-order valence-electron chi connectivity index (χ0n) is 7.90. The Morgan fingerprint density at radius 3 is 3.07 bits per heavy atom. The molecule has 1 aliphatic heterocycles. The number of carbonyl (C=O) groups is 2. The molecule has 4 heteroatoms. The van der Waals surface area contributed by atoms with Gasteiger partial charge in [-0.1, -0.05) is 12.2 Å². The third-order valence-electron chi connectivity index (χ3n) is 3.20. The molecule has 1 aliphatic carbocycles. The Morgan fingerprint density at radius 2 is 2.43 bits per heavy atom. The molecule has 0 spiro atoms. The Bertz CT molecular complexity index is 320. The number of aliphatic carboxylic acids is 1. The summed E-state index contributed by atoms with van der Waals surface area (Å²) in [6, 6.07) is 0. The molecule has 0 aromatic heterocycles. The van der Waals surface area contributed by atoms with Gasteiger partial charge in [-0.05, 0) is 13.3 Å². The van der Waals surface area contributed by atoms with E-state index in [-0.39, 0.29) is 11.9 Å². The van der Waals surface area contributed by atoms with Crippen LogP contribution in [-0.2, 0) is 14.3 Å². The number of carboxylic acid groups (broad SMARTS) is 1. The van der Waals surface area contributed by atoms with Gasteiger partial charge < -0.3 is 9.84 Å². The molecule has 3 atom stereocenters. The first kappa shape index (κ1) is 9.24. The van der Waals surface area contributed by atoms with E-state index >= 15 is 0 Å². The lowest BCUT2D eigenvalue weighted by atomic mass is 9.66. The van der Waals surface area contributed by atoms with Crippen molar-refractivity contribution in [1.82, 2.24) is 0 Å². The Labute approximate surface area is 81.6 Å². The number of hydrogen-bond acceptors (Lipinski definition) is 3. The van der Waals surface area contributed by atoms with Crippen molar-refractivity contribution in [1.29, 1.82) is 0 Å². The molecule has 0 unspecified atom stereocenters. The Hall–Kier alpha value is -1.32. The smallest absolute Gasteiger partial charge is 0.310 e. The lowest BCUT2D eigenvalue weighted by molar-refractivity contribution is -0.159. The molecular weight excluding hydrogens is 184 g/mol. The van der Waals surface area contributed by atoms with Crippen molar-refractivity contribution in [2.45, 2.75) is 13.3 Å². The normalized spacial score (nSPS) is 40.5. The van der Waals surface area contributed by atoms with Gasteiger partial charge in [-0.3, -0.25) is 9.59 Å². The van der Waals surface area contributed by atoms with Gasteiger partial charge in [-0.25, -0.2) is 0 Å². The highest BCUT2D eigenvalue weighted by molar-refractivity contribution is 5.86. The number of hydrogen-bond donors (Lipinski definition) is 1. The average Bonchev–Trinajstić information content (AvgIpc) is 2.49. The third-order valence-corrected chi connectivity index (χ3v) is 3.20. The van der Waals surface area contributed by atoms with Crippen molar-refractivity contribution in [3.63, 3.8) is 0 Å². The van der Waals surface area contributed by atoms with Crippen LogP contribution in [0.15, 0.2) is 12.2 Å². The second-order valence-corrected chi connectivity index (χ2v) is 4.13. The van der Waals surface area contributed by atoms with Gasteiger partial charge in [0.2, 0.25) is 0 Å². The molecule has 2 aliphatic rings. The maximum absolute atomic E-state index is 11.4. The van der Waals surface area contributed by atoms with Crippen molar-refractivity contribution < 1.29 is 19.4 Å². The molecule has 0 aromatic carbocycles. The van der Waals surface area contributed by atoms with Gasteiger partial charge in [-0.15, -0.1) is 0 Å². The molecule has 14 heavy (non-hydrogen) atoms. The van der Waals surface area contributed by atoms with Crippen molar-refractivity contribution in [2.75, 3.05) is 6.61 Å². The lowest BCUT2D eigenvalue weighted by Crippen LogP contribution is -2.42. The van der Waals surface area contributed by atoms with Gasteiger partial charge in [0, 0.05) is 5.92 Å². The fraction of sp³-hybridized carbons (Fsp3) is 0.600. The van der Waals surface area contributed by atoms with E-state index in [1.54, 1.807) is 6.92 Å². The molecule has 1 heterocycles. The third kappa shape index (κ3) is 1.06. The minimum atomic E-state index is -0.993. The first-order valence-electron chi connectivity index (χ1n) is 4.62. The summed E-state index contributed by atoms with van der Waals surface area (Å²) in [7, 11) is 0. The first-order chi connectivity index (χ1) is 6.55. The van der Waals surface area contributed by atoms with E-state index in [0.29, 0.717) is 13.0 Å². The predicted octanol–water partition coefficient (Wildman–Crippen LogP) is 0.826. The first-order valence-corrected chi connectivity index (χ1v) is 4.62. The second-order valence-electron chi connectivity index (χ2n) is 4.13. The van der Waals surface area contributed by atoms with Gasteiger partial charge in [0.15, 0.2) is 0 Å². The molecule has 2 rings (SSSR count). The fourth-order valence-corrected chi connectivity index (χ4v) is 2.27. The van der Waals surface area contributed by atoms with E-state index in [4.69, 9.17) is 9.84 Å². The maximum atomic E-state index is 11.4. The number of carbonyl (C=O) groups excluding carboxylic acids is 1. The van der Waals surface area contributed by atoms with Crippen molar-refractivity contribution in [3.05, 3.63) is 12.2 Å². The molecule has 0 aromatic rings. The SMILES string of the molecule is C[C@]1(C(=O)O)CC=C[C@@H]2COC(=O)[C@H]21. The largest absolute Gasteiger partial charge is 0.481 e. The summed E-state index contributed by atoms with van der Waals surface area (Å²) in [6.07, 6.45) is 4.12. The summed E-state index contributed by atoms with van der Waals surface area (Å²) in [5.41, 5.74) is -0.993. The molecule has 0 amide bonds. The van der Waals surface area contributed by atoms with Crippen LogP contribution in [-0.4, -0.2) is 23.7 Å². The van der Waals surface area contributed by atoms with Crippen molar-refractivity contribution >= 4 is 11.9 Å². The number of allylic oxidation sites excluding steroid dienone is 1. The number of ether oxygens (including phenoxy) is 1. The Morgan fingerprint density at radius 1 is 1.71 bits per heavy atom. The van der Waals surface area contributed by atoms with Crippen LogP contribution in [0.1, 0.15) is 13.3 Å². The van der Waals surface area contributed by atoms with E-state index < -0.39 is 17.3 Å². The minimum Gasteiger partial charge on any atom is -0.481 e. The minimum absolute atomic E-state index is 0.0580. The van der Waals surface area contributed by atoms with Crippen LogP contribution in [0.25, 0.3) is 0 Å². The Balaban J connectivity index is 2.40. The number of cyclic esters (lactones) is 1. The molecule has 0 radical (unpaired) electrons. The zero-order chi connectivity index (χ0) is 10.3. The number of rotatable bonds is 1. The van der Waals surface area contributed by atoms with Crippen LogP contribution >= 0.6 is 0 Å². The number of fused-ring (bicyclic) bond motifs is 1. The summed E-state index contributed by atoms with van der Waals surface area (Å²) in [4.78, 5) is 22.5. The van der Waals surface area contributed by atoms with Crippen LogP contribution in [0.2, 0.25) is 0 Å². The fourth-order valence-electron chi connectivity index (χ4n) is 2.27. The highest BCUT2D eigenvalue weighted by atomic mass is 16.5. The average molecular weight is 196 g/mol. The molecule has 0 bridgehead atoms. The maximum Gasteiger partial charge on any atom is 0.310 e. The summed E-state index contributed by atoms with van der Waals surface area (Å²) in [5.74, 6) is -1.86. The van der Waals surface area contributed by atoms with E-state index in [1.165, 1.54) is 0 Å². The van der Waals surface area contributed by atoms with Crippen LogP contribution in [0.5, 0.6) is 0 Å². The van der Waals surface area contributed by atoms with Gasteiger partial charge in [0.25, 0.3) is 0 Å². The summed E-state index contributed by atoms with van der Waals surface area (Å²) >= 11 is 0. The molecule has 76 valence electrons. The number of carboxylic acids is 1. The van der Waals surface area contributed by atoms with Gasteiger partial charge in [-0.2, -0.15) is 0 Å². The standard InChI is InChI=1S/C10H12O4/c1-10(9(12)13)4-2-3-6-5-14-8(11)7(6)10/h2-3,6-7H,4-5H2,1H3,(H,12,13)/t6-,7+,10+/m1/s1. The van der Waals surface area contributed by atoms with Crippen LogP contribution in [0.3, 0.4) is 0 Å². The quantitative estimate of drug-likeness (QED) is 0.498. The van der Waals surface area contributed by atoms with E-state index in [9.17, 15) is 9.59 Å². The van der Waals surface area contributed by atoms with Gasteiger partial charge in [0.1, 0.15) is 0 Å². The topological polar surface area (TPSA) is 63.6 Å². The van der Waals surface area contributed by atoms with Crippen molar-refractivity contribution in [3.8, 4) is 0 Å². The summed E-state index contributed by atoms with van der Waals surface area (Å²) < 4.78 is 4.89. The van der Waals surface area contributed by atoms with Gasteiger partial charge in [0.05, 0.1) is 17.9 Å². The Kier molecular flexibility index (Phi) is 1.87. The summed E-state index contributed by atoms with van der Waals surface area (Å²) in [6.45, 7) is 1.94. The molecular formula is C10H12O4. The summed E-state index contributed by atoms with van der Waals surface area (Å²) in [5, 5.41) is 9.12. The predicted molar refractivity (Wildman–Crippen MR) is 47.4 cm³/mol. The molecule has 1 fully saturated rings. The van der Waals surface area contributed by atoms with E-state index in [0.717, 1.165) is 0 Å². The van der Waals surface area contributed by atoms with Crippen LogP contribution < -0.4 is 0 Å². The van der Waals surface area contributed by atoms with E-state index in [1.807, 2.05) is 12.2 Å². The second kappa shape index (κ2) is 2.83. The molecule has 1 saturated heterocycles. The molecule has 4 nitrogen and oxygen atoms in total. The van der Waals surface area contributed by atoms with Crippen LogP contribution in [0, 0.1) is 17.3 Å². The van der Waals surface area contributed by atoms with Gasteiger partial charge >= 0.3 is 11.9 Å². The number of esters is 1. The zero-order valence-corrected chi connectivity index (χ0v) is 7.90. The van der Waals surface area contributed by atoms with Crippen LogP contribution in [0.4, 0.5) is 0 Å². The van der Waals surface area contributed by atoms with Crippen molar-refractivity contribution in [2.24, 2.45) is 17.3 Å². The molecule has 0 saturated carbocycles. The highest BCUT2D eigenvalue weighted by Gasteiger charge is 2.53. The van der Waals surface area contributed by atoms with E-state index in [2.05, 4.69) is 0 Å². The molecule has 1 N–H and O–H groups in total. The monoisotopic (exact) mass is 196 g/mol. The lowest BCUT2D eigenvalue weighted by Gasteiger charge is -2.33. The highest BCUT2D eigenvalue weighted by Crippen LogP contribution is 2.44.